The van der Waals surface area contributed by atoms with Crippen LogP contribution in [0.2, 0.25) is 0 Å². The highest BCUT2D eigenvalue weighted by Crippen LogP contribution is 2.36. The Labute approximate surface area is 288 Å². The zero-order chi connectivity index (χ0) is 36.1. The van der Waals surface area contributed by atoms with Crippen molar-refractivity contribution in [3.63, 3.8) is 0 Å². The Kier molecular flexibility index (Phi) is 11.7. The van der Waals surface area contributed by atoms with Crippen LogP contribution in [-0.2, 0) is 35.3 Å². The minimum atomic E-state index is -1.24. The standard InChI is InChI=1S/C37H51N5O7/c1-22(2)18-26-23(3)20-42(28(26)32(45)39-27(19-24-14-15-24)29(43)31(38)44)33(46)30(36(4,5)6)40-35(48)41-37(16-10-11-17-37)34(47)49-21-25-12-8-7-9-13-25/h7-9,12-13,18,24,26-28,30H,3,10-11,14-17,19-21H2,1-2,4-6H3,(H2,38,44)(H,39,45)(H2,40,41,48)/t26-,27?,28-,30+/m0/s1. The summed E-state index contributed by atoms with van der Waals surface area (Å²) in [4.78, 5) is 81.4. The number of Topliss-reactive ketones (excluding diaryl/α,β-unsaturated/α-hetero) is 1. The first-order chi connectivity index (χ1) is 23.0. The molecule has 3 fully saturated rings. The van der Waals surface area contributed by atoms with E-state index in [9.17, 15) is 28.8 Å². The maximum absolute atomic E-state index is 14.5. The lowest BCUT2D eigenvalue weighted by Crippen LogP contribution is -2.63. The van der Waals surface area contributed by atoms with Crippen molar-refractivity contribution in [3.8, 4) is 0 Å². The Balaban J connectivity index is 1.55. The number of ether oxygens (including phenoxy) is 1. The third kappa shape index (κ3) is 9.36. The average molecular weight is 678 g/mol. The molecule has 1 aromatic rings. The van der Waals surface area contributed by atoms with Crippen molar-refractivity contribution in [1.82, 2.24) is 20.9 Å². The number of carbonyl (C=O) groups is 6. The number of carbonyl (C=O) groups excluding carboxylic acids is 6. The molecule has 0 aromatic heterocycles. The van der Waals surface area contributed by atoms with Crippen LogP contribution >= 0.6 is 0 Å². The zero-order valence-electron chi connectivity index (χ0n) is 29.3. The van der Waals surface area contributed by atoms with Crippen LogP contribution in [0.25, 0.3) is 0 Å². The molecule has 1 unspecified atom stereocenters. The number of esters is 1. The number of urea groups is 1. The van der Waals surface area contributed by atoms with Crippen molar-refractivity contribution < 1.29 is 33.5 Å². The quantitative estimate of drug-likeness (QED) is 0.140. The van der Waals surface area contributed by atoms with Gasteiger partial charge in [-0.25, -0.2) is 9.59 Å². The van der Waals surface area contributed by atoms with E-state index in [1.54, 1.807) is 20.8 Å². The molecule has 4 atom stereocenters. The number of rotatable bonds is 13. The van der Waals surface area contributed by atoms with Crippen LogP contribution in [0.4, 0.5) is 4.79 Å². The number of benzene rings is 1. The van der Waals surface area contributed by atoms with Crippen molar-refractivity contribution in [2.75, 3.05) is 6.54 Å². The summed E-state index contributed by atoms with van der Waals surface area (Å²) < 4.78 is 5.63. The van der Waals surface area contributed by atoms with Gasteiger partial charge in [-0.3, -0.25) is 19.2 Å². The Bertz CT molecular complexity index is 1480. The third-order valence-corrected chi connectivity index (χ3v) is 9.53. The highest BCUT2D eigenvalue weighted by Gasteiger charge is 2.49. The number of allylic oxidation sites excluding steroid dienone is 1. The van der Waals surface area contributed by atoms with Crippen LogP contribution < -0.4 is 21.7 Å². The second kappa shape index (κ2) is 15.4. The van der Waals surface area contributed by atoms with Gasteiger partial charge in [0, 0.05) is 12.5 Å². The summed E-state index contributed by atoms with van der Waals surface area (Å²) in [5.74, 6) is -4.07. The lowest BCUT2D eigenvalue weighted by atomic mass is 9.85. The molecule has 1 saturated heterocycles. The molecule has 5 N–H and O–H groups in total. The number of nitrogens with zero attached hydrogens (tertiary/aromatic N) is 1. The number of nitrogens with two attached hydrogens (primary N) is 1. The number of amides is 5. The molecule has 2 aliphatic carbocycles. The number of primary amides is 1. The molecular formula is C37H51N5O7. The Morgan fingerprint density at radius 2 is 1.67 bits per heavy atom. The lowest BCUT2D eigenvalue weighted by Gasteiger charge is -2.37. The van der Waals surface area contributed by atoms with Gasteiger partial charge in [0.1, 0.15) is 24.2 Å². The highest BCUT2D eigenvalue weighted by atomic mass is 16.5. The van der Waals surface area contributed by atoms with Crippen LogP contribution in [0.1, 0.15) is 85.1 Å². The van der Waals surface area contributed by atoms with Crippen molar-refractivity contribution in [2.24, 2.45) is 23.0 Å². The van der Waals surface area contributed by atoms with Crippen LogP contribution in [-0.4, -0.2) is 70.6 Å². The Morgan fingerprint density at radius 3 is 2.22 bits per heavy atom. The van der Waals surface area contributed by atoms with Crippen molar-refractivity contribution in [3.05, 3.63) is 59.7 Å². The third-order valence-electron chi connectivity index (χ3n) is 9.53. The van der Waals surface area contributed by atoms with Crippen LogP contribution in [0, 0.1) is 17.3 Å². The summed E-state index contributed by atoms with van der Waals surface area (Å²) in [6.45, 7) is 13.4. The predicted molar refractivity (Wildman–Crippen MR) is 183 cm³/mol. The first-order valence-electron chi connectivity index (χ1n) is 17.1. The molecule has 266 valence electrons. The van der Waals surface area contributed by atoms with Gasteiger partial charge in [-0.2, -0.15) is 0 Å². The average Bonchev–Trinajstić information content (AvgIpc) is 3.63. The number of hydrogen-bond acceptors (Lipinski definition) is 7. The fourth-order valence-corrected chi connectivity index (χ4v) is 6.69. The molecular weight excluding hydrogens is 626 g/mol. The fraction of sp³-hybridized carbons (Fsp3) is 0.568. The Morgan fingerprint density at radius 1 is 1.04 bits per heavy atom. The van der Waals surface area contributed by atoms with E-state index in [1.165, 1.54) is 4.90 Å². The van der Waals surface area contributed by atoms with Gasteiger partial charge in [-0.05, 0) is 55.6 Å². The molecule has 1 heterocycles. The molecule has 3 aliphatic rings. The number of nitrogens with one attached hydrogen (secondary N) is 3. The van der Waals surface area contributed by atoms with E-state index < -0.39 is 70.5 Å². The molecule has 5 amide bonds. The summed E-state index contributed by atoms with van der Waals surface area (Å²) in [6, 6.07) is 5.24. The number of likely N-dealkylation sites (tertiary alicyclic amines) is 1. The van der Waals surface area contributed by atoms with Gasteiger partial charge in [0.2, 0.25) is 17.6 Å². The second-order valence-corrected chi connectivity index (χ2v) is 15.1. The number of ketones is 1. The second-order valence-electron chi connectivity index (χ2n) is 15.1. The summed E-state index contributed by atoms with van der Waals surface area (Å²) in [5, 5.41) is 8.38. The minimum Gasteiger partial charge on any atom is -0.459 e. The highest BCUT2D eigenvalue weighted by molar-refractivity contribution is 6.37. The van der Waals surface area contributed by atoms with Crippen LogP contribution in [0.5, 0.6) is 0 Å². The molecule has 0 radical (unpaired) electrons. The van der Waals surface area contributed by atoms with E-state index in [4.69, 9.17) is 10.5 Å². The van der Waals surface area contributed by atoms with Gasteiger partial charge in [0.25, 0.3) is 5.91 Å². The fourth-order valence-electron chi connectivity index (χ4n) is 6.69. The van der Waals surface area contributed by atoms with E-state index in [1.807, 2.05) is 50.3 Å². The molecule has 0 bridgehead atoms. The molecule has 49 heavy (non-hydrogen) atoms. The molecule has 12 nitrogen and oxygen atoms in total. The maximum Gasteiger partial charge on any atom is 0.332 e. The monoisotopic (exact) mass is 677 g/mol. The first kappa shape index (κ1) is 37.3. The van der Waals surface area contributed by atoms with Gasteiger partial charge < -0.3 is 31.3 Å². The SMILES string of the molecule is C=C1CN(C(=O)[C@@H](NC(=O)NC2(C(=O)OCc3ccccc3)CCCC2)C(C)(C)C)[C@H](C(=O)NC(CC2CC2)C(=O)C(N)=O)[C@H]1C=C(C)C. The van der Waals surface area contributed by atoms with Crippen molar-refractivity contribution in [2.45, 2.75) is 110 Å². The van der Waals surface area contributed by atoms with E-state index >= 15 is 0 Å². The molecule has 12 heteroatoms. The largest absolute Gasteiger partial charge is 0.459 e. The van der Waals surface area contributed by atoms with Gasteiger partial charge in [0.05, 0.1) is 6.04 Å². The van der Waals surface area contributed by atoms with Gasteiger partial charge in [0.15, 0.2) is 0 Å². The summed E-state index contributed by atoms with van der Waals surface area (Å²) >= 11 is 0. The topological polar surface area (TPSA) is 177 Å². The molecule has 1 aromatic carbocycles. The molecule has 1 aliphatic heterocycles. The lowest BCUT2D eigenvalue weighted by molar-refractivity contribution is -0.152. The Hall–Kier alpha value is -4.48. The van der Waals surface area contributed by atoms with E-state index in [-0.39, 0.29) is 25.5 Å². The van der Waals surface area contributed by atoms with E-state index in [0.29, 0.717) is 18.4 Å². The molecule has 4 rings (SSSR count). The van der Waals surface area contributed by atoms with Crippen LogP contribution in [0.3, 0.4) is 0 Å². The van der Waals surface area contributed by atoms with Gasteiger partial charge in [-0.15, -0.1) is 0 Å². The van der Waals surface area contributed by atoms with E-state index in [2.05, 4.69) is 22.5 Å². The summed E-state index contributed by atoms with van der Waals surface area (Å²) in [5.41, 5.74) is 5.58. The van der Waals surface area contributed by atoms with Gasteiger partial charge >= 0.3 is 12.0 Å². The smallest absolute Gasteiger partial charge is 0.332 e. The summed E-state index contributed by atoms with van der Waals surface area (Å²) in [6.07, 6.45) is 6.14. The molecule has 2 saturated carbocycles. The normalized spacial score (nSPS) is 21.2. The first-order valence-corrected chi connectivity index (χ1v) is 17.1. The van der Waals surface area contributed by atoms with Crippen molar-refractivity contribution in [1.29, 1.82) is 0 Å². The zero-order valence-corrected chi connectivity index (χ0v) is 29.3. The number of hydrogen-bond donors (Lipinski definition) is 4. The van der Waals surface area contributed by atoms with Gasteiger partial charge in [-0.1, -0.05) is 95.0 Å². The maximum atomic E-state index is 14.5. The minimum absolute atomic E-state index is 0.0358. The summed E-state index contributed by atoms with van der Waals surface area (Å²) in [7, 11) is 0. The predicted octanol–water partition coefficient (Wildman–Crippen LogP) is 3.45. The molecule has 0 spiro atoms. The van der Waals surface area contributed by atoms with Crippen molar-refractivity contribution >= 4 is 35.5 Å². The van der Waals surface area contributed by atoms with Crippen LogP contribution in [0.15, 0.2) is 54.1 Å². The van der Waals surface area contributed by atoms with E-state index in [0.717, 1.165) is 36.8 Å².